The molecule has 0 aliphatic carbocycles. The van der Waals surface area contributed by atoms with E-state index >= 15 is 0 Å². The third-order valence-corrected chi connectivity index (χ3v) is 3.25. The lowest BCUT2D eigenvalue weighted by molar-refractivity contribution is -0.656. The van der Waals surface area contributed by atoms with Crippen molar-refractivity contribution in [1.82, 2.24) is 0 Å². The Morgan fingerprint density at radius 2 is 1.95 bits per heavy atom. The first-order valence-corrected chi connectivity index (χ1v) is 7.86. The summed E-state index contributed by atoms with van der Waals surface area (Å²) in [6.45, 7) is 10.9. The molecule has 0 saturated carbocycles. The number of ether oxygens (including phenoxy) is 2. The average molecular weight is 280 g/mol. The van der Waals surface area contributed by atoms with Crippen LogP contribution in [0.1, 0.15) is 45.1 Å². The first-order chi connectivity index (χ1) is 9.74. The number of hydrogen-bond acceptors (Lipinski definition) is 2. The molecule has 2 N–H and O–H groups in total. The molecule has 1 aromatic carbocycles. The van der Waals surface area contributed by atoms with Gasteiger partial charge in [-0.05, 0) is 30.0 Å². The van der Waals surface area contributed by atoms with Crippen LogP contribution in [0.5, 0.6) is 5.75 Å². The number of rotatable bonds is 11. The number of unbranched alkanes of at least 4 members (excludes halogenated alkanes) is 1. The Morgan fingerprint density at radius 1 is 1.10 bits per heavy atom. The van der Waals surface area contributed by atoms with Crippen molar-refractivity contribution in [3.05, 3.63) is 29.8 Å². The average Bonchev–Trinajstić information content (AvgIpc) is 2.46. The maximum Gasteiger partial charge on any atom is 0.119 e. The lowest BCUT2D eigenvalue weighted by Gasteiger charge is -2.10. The minimum absolute atomic E-state index is 0.536. The fraction of sp³-hybridized carbons (Fsp3) is 0.647. The van der Waals surface area contributed by atoms with Crippen LogP contribution in [0.3, 0.4) is 0 Å². The van der Waals surface area contributed by atoms with Crippen molar-refractivity contribution in [3.8, 4) is 5.75 Å². The lowest BCUT2D eigenvalue weighted by Crippen LogP contribution is -2.85. The van der Waals surface area contributed by atoms with E-state index in [0.717, 1.165) is 18.9 Å². The molecule has 0 unspecified atom stereocenters. The topological polar surface area (TPSA) is 35.1 Å². The monoisotopic (exact) mass is 280 g/mol. The summed E-state index contributed by atoms with van der Waals surface area (Å²) in [5.74, 6) is 1.47. The second-order valence-corrected chi connectivity index (χ2v) is 5.41. The van der Waals surface area contributed by atoms with Gasteiger partial charge in [-0.25, -0.2) is 0 Å². The highest BCUT2D eigenvalue weighted by atomic mass is 16.5. The van der Waals surface area contributed by atoms with Crippen LogP contribution in [0, 0.1) is 0 Å². The molecule has 1 rings (SSSR count). The van der Waals surface area contributed by atoms with Crippen molar-refractivity contribution >= 4 is 0 Å². The number of nitrogens with two attached hydrogens (primary N) is 1. The van der Waals surface area contributed by atoms with Gasteiger partial charge >= 0.3 is 0 Å². The Labute approximate surface area is 123 Å². The van der Waals surface area contributed by atoms with Crippen LogP contribution in [-0.4, -0.2) is 32.9 Å². The van der Waals surface area contributed by atoms with E-state index < -0.39 is 0 Å². The van der Waals surface area contributed by atoms with E-state index in [4.69, 9.17) is 9.47 Å². The molecule has 3 heteroatoms. The highest BCUT2D eigenvalue weighted by Crippen LogP contribution is 2.19. The van der Waals surface area contributed by atoms with Gasteiger partial charge in [0.25, 0.3) is 0 Å². The van der Waals surface area contributed by atoms with Gasteiger partial charge in [0.05, 0.1) is 26.3 Å². The summed E-state index contributed by atoms with van der Waals surface area (Å²) in [6.07, 6.45) is 2.55. The molecule has 0 saturated heterocycles. The predicted molar refractivity (Wildman–Crippen MR) is 83.4 cm³/mol. The fourth-order valence-electron chi connectivity index (χ4n) is 1.94. The third-order valence-electron chi connectivity index (χ3n) is 3.25. The largest absolute Gasteiger partial charge is 0.491 e. The van der Waals surface area contributed by atoms with Crippen LogP contribution >= 0.6 is 0 Å². The van der Waals surface area contributed by atoms with E-state index in [-0.39, 0.29) is 0 Å². The SMILES string of the molecule is CCCC[NH2+]CCOCCOc1cccc(C(C)C)c1. The number of quaternary nitrogens is 1. The molecule has 0 bridgehead atoms. The molecule has 3 nitrogen and oxygen atoms in total. The quantitative estimate of drug-likeness (QED) is 0.632. The number of hydrogen-bond donors (Lipinski definition) is 1. The summed E-state index contributed by atoms with van der Waals surface area (Å²) >= 11 is 0. The molecule has 0 amide bonds. The maximum atomic E-state index is 5.71. The molecule has 0 fully saturated rings. The molecule has 0 aliphatic heterocycles. The van der Waals surface area contributed by atoms with Crippen LogP contribution in [0.15, 0.2) is 24.3 Å². The van der Waals surface area contributed by atoms with E-state index in [1.54, 1.807) is 0 Å². The van der Waals surface area contributed by atoms with Gasteiger partial charge in [0, 0.05) is 0 Å². The summed E-state index contributed by atoms with van der Waals surface area (Å²) in [5.41, 5.74) is 1.31. The normalized spacial score (nSPS) is 11.0. The lowest BCUT2D eigenvalue weighted by atomic mass is 10.0. The highest BCUT2D eigenvalue weighted by molar-refractivity contribution is 5.30. The second-order valence-electron chi connectivity index (χ2n) is 5.41. The summed E-state index contributed by atoms with van der Waals surface area (Å²) in [4.78, 5) is 0. The Bertz CT molecular complexity index is 353. The van der Waals surface area contributed by atoms with Crippen molar-refractivity contribution < 1.29 is 14.8 Å². The van der Waals surface area contributed by atoms with E-state index in [2.05, 4.69) is 38.2 Å². The van der Waals surface area contributed by atoms with Gasteiger partial charge in [-0.3, -0.25) is 0 Å². The fourth-order valence-corrected chi connectivity index (χ4v) is 1.94. The summed E-state index contributed by atoms with van der Waals surface area (Å²) in [5, 5.41) is 2.32. The molecule has 0 heterocycles. The summed E-state index contributed by atoms with van der Waals surface area (Å²) < 4.78 is 11.3. The molecule has 20 heavy (non-hydrogen) atoms. The van der Waals surface area contributed by atoms with Crippen molar-refractivity contribution in [1.29, 1.82) is 0 Å². The van der Waals surface area contributed by atoms with Crippen molar-refractivity contribution in [3.63, 3.8) is 0 Å². The molecule has 0 spiro atoms. The van der Waals surface area contributed by atoms with Gasteiger partial charge in [0.2, 0.25) is 0 Å². The summed E-state index contributed by atoms with van der Waals surface area (Å²) in [6, 6.07) is 8.31. The molecule has 0 aromatic heterocycles. The molecule has 0 aliphatic rings. The molecular weight excluding hydrogens is 250 g/mol. The molecular formula is C17H30NO2+. The van der Waals surface area contributed by atoms with Crippen molar-refractivity contribution in [2.75, 3.05) is 32.9 Å². The van der Waals surface area contributed by atoms with Crippen LogP contribution in [0.25, 0.3) is 0 Å². The van der Waals surface area contributed by atoms with Gasteiger partial charge in [0.15, 0.2) is 0 Å². The Kier molecular flexibility index (Phi) is 9.09. The van der Waals surface area contributed by atoms with Gasteiger partial charge in [-0.15, -0.1) is 0 Å². The maximum absolute atomic E-state index is 5.71. The molecule has 114 valence electrons. The zero-order chi connectivity index (χ0) is 14.6. The first kappa shape index (κ1) is 17.0. The van der Waals surface area contributed by atoms with E-state index in [0.29, 0.717) is 19.1 Å². The van der Waals surface area contributed by atoms with Gasteiger partial charge in [-0.2, -0.15) is 0 Å². The van der Waals surface area contributed by atoms with Crippen LogP contribution in [-0.2, 0) is 4.74 Å². The minimum Gasteiger partial charge on any atom is -0.491 e. The minimum atomic E-state index is 0.536. The van der Waals surface area contributed by atoms with E-state index in [1.165, 1.54) is 24.9 Å². The van der Waals surface area contributed by atoms with Gasteiger partial charge in [-0.1, -0.05) is 39.3 Å². The molecule has 1 aromatic rings. The highest BCUT2D eigenvalue weighted by Gasteiger charge is 2.01. The summed E-state index contributed by atoms with van der Waals surface area (Å²) in [7, 11) is 0. The van der Waals surface area contributed by atoms with Crippen LogP contribution in [0.4, 0.5) is 0 Å². The van der Waals surface area contributed by atoms with Crippen LogP contribution in [0.2, 0.25) is 0 Å². The van der Waals surface area contributed by atoms with Gasteiger partial charge in [0.1, 0.15) is 12.4 Å². The second kappa shape index (κ2) is 10.7. The third kappa shape index (κ3) is 7.51. The Balaban J connectivity index is 2.05. The first-order valence-electron chi connectivity index (χ1n) is 7.86. The van der Waals surface area contributed by atoms with Gasteiger partial charge < -0.3 is 14.8 Å². The van der Waals surface area contributed by atoms with E-state index in [9.17, 15) is 0 Å². The molecule has 0 atom stereocenters. The number of benzene rings is 1. The Morgan fingerprint density at radius 3 is 2.70 bits per heavy atom. The smallest absolute Gasteiger partial charge is 0.119 e. The zero-order valence-electron chi connectivity index (χ0n) is 13.2. The van der Waals surface area contributed by atoms with Crippen molar-refractivity contribution in [2.45, 2.75) is 39.5 Å². The van der Waals surface area contributed by atoms with Crippen molar-refractivity contribution in [2.24, 2.45) is 0 Å². The van der Waals surface area contributed by atoms with Crippen LogP contribution < -0.4 is 10.1 Å². The predicted octanol–water partition coefficient (Wildman–Crippen LogP) is 2.57. The standard InChI is InChI=1S/C17H29NO2/c1-4-5-9-18-10-11-19-12-13-20-17-8-6-7-16(14-17)15(2)3/h6-8,14-15,18H,4-5,9-13H2,1-3H3/p+1. The molecule has 0 radical (unpaired) electrons. The Hall–Kier alpha value is -1.06. The zero-order valence-corrected chi connectivity index (χ0v) is 13.2. The van der Waals surface area contributed by atoms with E-state index in [1.807, 2.05) is 12.1 Å².